The normalized spacial score (nSPS) is 11.4. The maximum atomic E-state index is 2.38. The van der Waals surface area contributed by atoms with Crippen LogP contribution in [0.15, 0.2) is 30.3 Å². The summed E-state index contributed by atoms with van der Waals surface area (Å²) in [6.45, 7) is 6.59. The van der Waals surface area contributed by atoms with Crippen LogP contribution in [-0.2, 0) is 0 Å². The van der Waals surface area contributed by atoms with E-state index >= 15 is 0 Å². The van der Waals surface area contributed by atoms with Crippen LogP contribution >= 0.6 is 0 Å². The molecule has 1 heterocycles. The summed E-state index contributed by atoms with van der Waals surface area (Å²) in [5.41, 5.74) is 4.19. The third-order valence-corrected chi connectivity index (χ3v) is 5.62. The summed E-state index contributed by atoms with van der Waals surface area (Å²) in [5.74, 6) is 0. The van der Waals surface area contributed by atoms with Crippen molar-refractivity contribution in [2.45, 2.75) is 20.8 Å². The van der Waals surface area contributed by atoms with Crippen LogP contribution < -0.4 is 0 Å². The molecule has 0 fully saturated rings. The van der Waals surface area contributed by atoms with Gasteiger partial charge < -0.3 is 0 Å². The Morgan fingerprint density at radius 3 is 2.25 bits per heavy atom. The molecule has 2 aromatic carbocycles. The van der Waals surface area contributed by atoms with Crippen LogP contribution in [0.4, 0.5) is 0 Å². The first-order valence-electron chi connectivity index (χ1n) is 5.55. The zero-order valence-corrected chi connectivity index (χ0v) is 11.5. The van der Waals surface area contributed by atoms with Crippen LogP contribution in [0.25, 0.3) is 19.3 Å². The summed E-state index contributed by atoms with van der Waals surface area (Å²) in [6, 6.07) is 11.6. The Hall–Kier alpha value is -1.04. The average molecular weight is 273 g/mol. The van der Waals surface area contributed by atoms with Gasteiger partial charge in [0.1, 0.15) is 0 Å². The molecule has 16 heavy (non-hydrogen) atoms. The van der Waals surface area contributed by atoms with E-state index in [1.165, 1.54) is 31.7 Å². The van der Waals surface area contributed by atoms with Crippen LogP contribution in [0.3, 0.4) is 0 Å². The second-order valence-electron chi connectivity index (χ2n) is 4.53. The Morgan fingerprint density at radius 1 is 0.750 bits per heavy atom. The molecule has 0 aliphatic heterocycles. The summed E-state index contributed by atoms with van der Waals surface area (Å²) < 4.78 is 3.09. The first kappa shape index (κ1) is 10.1. The molecule has 0 amide bonds. The van der Waals surface area contributed by atoms with Crippen molar-refractivity contribution in [3.05, 3.63) is 47.0 Å². The molecule has 0 spiro atoms. The number of aryl methyl sites for hydroxylation is 3. The average Bonchev–Trinajstić information content (AvgIpc) is 2.57. The van der Waals surface area contributed by atoms with Crippen molar-refractivity contribution in [2.24, 2.45) is 0 Å². The summed E-state index contributed by atoms with van der Waals surface area (Å²) in [5, 5.41) is 2.94. The maximum absolute atomic E-state index is 2.38. The van der Waals surface area contributed by atoms with Crippen molar-refractivity contribution >= 4 is 33.8 Å². The van der Waals surface area contributed by atoms with Gasteiger partial charge in [0.15, 0.2) is 0 Å². The van der Waals surface area contributed by atoms with Gasteiger partial charge >= 0.3 is 102 Å². The minimum absolute atomic E-state index is 0.511. The predicted octanol–water partition coefficient (Wildman–Crippen LogP) is 3.98. The Bertz CT molecular complexity index is 689. The fourth-order valence-electron chi connectivity index (χ4n) is 2.15. The Labute approximate surface area is 102 Å². The molecule has 1 heteroatoms. The molecule has 0 N–H and O–H groups in total. The van der Waals surface area contributed by atoms with E-state index in [0.29, 0.717) is 14.5 Å². The van der Waals surface area contributed by atoms with Gasteiger partial charge in [0.25, 0.3) is 0 Å². The predicted molar refractivity (Wildman–Crippen MR) is 72.6 cm³/mol. The van der Waals surface area contributed by atoms with E-state index in [-0.39, 0.29) is 0 Å². The first-order chi connectivity index (χ1) is 7.65. The topological polar surface area (TPSA) is 0 Å². The van der Waals surface area contributed by atoms with Gasteiger partial charge in [0, 0.05) is 0 Å². The SMILES string of the molecule is Cc1ccc2[se]c3cc(C)c(C)cc3c2c1. The van der Waals surface area contributed by atoms with Gasteiger partial charge in [0.05, 0.1) is 0 Å². The molecular formula is C15H14Se. The van der Waals surface area contributed by atoms with Crippen molar-refractivity contribution in [3.8, 4) is 0 Å². The number of benzene rings is 2. The van der Waals surface area contributed by atoms with Crippen LogP contribution in [0, 0.1) is 20.8 Å². The molecular weight excluding hydrogens is 259 g/mol. The third kappa shape index (κ3) is 1.43. The molecule has 3 rings (SSSR count). The first-order valence-corrected chi connectivity index (χ1v) is 7.26. The van der Waals surface area contributed by atoms with E-state index in [9.17, 15) is 0 Å². The summed E-state index contributed by atoms with van der Waals surface area (Å²) in [7, 11) is 0. The molecule has 80 valence electrons. The van der Waals surface area contributed by atoms with Gasteiger partial charge in [-0.2, -0.15) is 0 Å². The van der Waals surface area contributed by atoms with E-state index in [1.54, 1.807) is 4.26 Å². The molecule has 0 saturated heterocycles. The quantitative estimate of drug-likeness (QED) is 0.544. The zero-order valence-electron chi connectivity index (χ0n) is 9.79. The molecule has 0 nitrogen and oxygen atoms in total. The number of fused-ring (bicyclic) bond motifs is 3. The van der Waals surface area contributed by atoms with Gasteiger partial charge in [-0.3, -0.25) is 0 Å². The Morgan fingerprint density at radius 2 is 1.44 bits per heavy atom. The van der Waals surface area contributed by atoms with E-state index in [1.807, 2.05) is 0 Å². The van der Waals surface area contributed by atoms with Crippen LogP contribution in [0.5, 0.6) is 0 Å². The summed E-state index contributed by atoms with van der Waals surface area (Å²) in [6.07, 6.45) is 0. The van der Waals surface area contributed by atoms with Crippen molar-refractivity contribution in [1.29, 1.82) is 0 Å². The van der Waals surface area contributed by atoms with Gasteiger partial charge in [-0.15, -0.1) is 0 Å². The zero-order chi connectivity index (χ0) is 11.3. The van der Waals surface area contributed by atoms with Gasteiger partial charge in [0.2, 0.25) is 0 Å². The minimum atomic E-state index is 0.511. The summed E-state index contributed by atoms with van der Waals surface area (Å²) >= 11 is 0.511. The van der Waals surface area contributed by atoms with Gasteiger partial charge in [-0.25, -0.2) is 0 Å². The molecule has 0 unspecified atom stereocenters. The molecule has 3 aromatic rings. The second-order valence-corrected chi connectivity index (χ2v) is 6.81. The van der Waals surface area contributed by atoms with Crippen LogP contribution in [0.2, 0.25) is 0 Å². The van der Waals surface area contributed by atoms with Crippen LogP contribution in [-0.4, -0.2) is 14.5 Å². The van der Waals surface area contributed by atoms with E-state index in [2.05, 4.69) is 51.1 Å². The molecule has 0 radical (unpaired) electrons. The number of hydrogen-bond acceptors (Lipinski definition) is 0. The fourth-order valence-corrected chi connectivity index (χ4v) is 4.59. The van der Waals surface area contributed by atoms with Crippen molar-refractivity contribution < 1.29 is 0 Å². The van der Waals surface area contributed by atoms with Crippen molar-refractivity contribution in [3.63, 3.8) is 0 Å². The van der Waals surface area contributed by atoms with E-state index < -0.39 is 0 Å². The molecule has 0 saturated carbocycles. The van der Waals surface area contributed by atoms with E-state index in [0.717, 1.165) is 0 Å². The molecule has 0 aliphatic carbocycles. The molecule has 0 aliphatic rings. The van der Waals surface area contributed by atoms with Gasteiger partial charge in [-0.1, -0.05) is 0 Å². The Balaban J connectivity index is 2.53. The monoisotopic (exact) mass is 274 g/mol. The number of rotatable bonds is 0. The molecule has 0 bridgehead atoms. The standard InChI is InChI=1S/C15H14Se/c1-9-4-5-14-12(6-9)13-7-10(2)11(3)8-15(13)16-14/h4-8H,1-3H3. The van der Waals surface area contributed by atoms with Crippen molar-refractivity contribution in [2.75, 3.05) is 0 Å². The number of hydrogen-bond donors (Lipinski definition) is 0. The van der Waals surface area contributed by atoms with Gasteiger partial charge in [-0.05, 0) is 0 Å². The fraction of sp³-hybridized carbons (Fsp3) is 0.200. The van der Waals surface area contributed by atoms with Crippen molar-refractivity contribution in [1.82, 2.24) is 0 Å². The molecule has 0 atom stereocenters. The summed E-state index contributed by atoms with van der Waals surface area (Å²) in [4.78, 5) is 0. The third-order valence-electron chi connectivity index (χ3n) is 3.24. The molecule has 1 aromatic heterocycles. The van der Waals surface area contributed by atoms with Crippen LogP contribution in [0.1, 0.15) is 16.7 Å². The van der Waals surface area contributed by atoms with E-state index in [4.69, 9.17) is 0 Å². The second kappa shape index (κ2) is 3.48. The Kier molecular flexibility index (Phi) is 2.20.